The highest BCUT2D eigenvalue weighted by Gasteiger charge is 2.11. The summed E-state index contributed by atoms with van der Waals surface area (Å²) in [6, 6.07) is 5.91. The van der Waals surface area contributed by atoms with Crippen molar-refractivity contribution in [1.29, 1.82) is 0 Å². The number of nitrogens with zero attached hydrogens (tertiary/aromatic N) is 2. The average molecular weight is 526 g/mol. The van der Waals surface area contributed by atoms with Crippen LogP contribution in [-0.2, 0) is 6.54 Å². The lowest BCUT2D eigenvalue weighted by Crippen LogP contribution is -2.39. The Hall–Kier alpha value is -1.53. The Morgan fingerprint density at radius 3 is 2.46 bits per heavy atom. The number of alkyl halides is 2. The summed E-state index contributed by atoms with van der Waals surface area (Å²) in [6.45, 7) is 4.42. The van der Waals surface area contributed by atoms with Gasteiger partial charge in [-0.3, -0.25) is 0 Å². The number of hydrogen-bond acceptors (Lipinski definition) is 5. The number of aliphatic hydroxyl groups excluding tert-OH is 1. The molecule has 3 N–H and O–H groups in total. The van der Waals surface area contributed by atoms with Gasteiger partial charge in [-0.15, -0.1) is 35.3 Å². The Balaban J connectivity index is 0.00000392. The van der Waals surface area contributed by atoms with Crippen molar-refractivity contribution >= 4 is 41.3 Å². The monoisotopic (exact) mass is 526 g/mol. The van der Waals surface area contributed by atoms with Crippen molar-refractivity contribution < 1.29 is 18.6 Å². The zero-order valence-electron chi connectivity index (χ0n) is 15.9. The molecule has 1 aromatic carbocycles. The summed E-state index contributed by atoms with van der Waals surface area (Å²) in [5.74, 6) is 0.638. The number of ether oxygens (including phenoxy) is 1. The van der Waals surface area contributed by atoms with Crippen molar-refractivity contribution in [2.24, 2.45) is 4.99 Å². The Labute approximate surface area is 184 Å². The first-order valence-electron chi connectivity index (χ1n) is 8.57. The fraction of sp³-hybridized carbons (Fsp3) is 0.444. The lowest BCUT2D eigenvalue weighted by molar-refractivity contribution is -0.0498. The van der Waals surface area contributed by atoms with E-state index in [1.807, 2.05) is 20.8 Å². The normalized spacial score (nSPS) is 12.5. The number of aliphatic hydroxyl groups is 1. The zero-order valence-corrected chi connectivity index (χ0v) is 19.1. The van der Waals surface area contributed by atoms with Gasteiger partial charge >= 0.3 is 6.61 Å². The minimum atomic E-state index is -2.87. The van der Waals surface area contributed by atoms with Crippen molar-refractivity contribution in [3.05, 3.63) is 45.4 Å². The molecule has 0 spiro atoms. The molecule has 0 aliphatic heterocycles. The number of aromatic nitrogens is 1. The Morgan fingerprint density at radius 1 is 1.25 bits per heavy atom. The molecule has 1 atom stereocenters. The summed E-state index contributed by atoms with van der Waals surface area (Å²) < 4.78 is 28.7. The lowest BCUT2D eigenvalue weighted by atomic mass is 10.1. The Kier molecular flexibility index (Phi) is 10.6. The molecule has 6 nitrogen and oxygen atoms in total. The number of hydrogen-bond donors (Lipinski definition) is 3. The minimum Gasteiger partial charge on any atom is -0.435 e. The van der Waals surface area contributed by atoms with E-state index < -0.39 is 12.7 Å². The SMILES string of the molecule is CCNC(=NCc1sc(C)nc1C)NCC(O)c1ccc(OC(F)F)cc1.I. The molecule has 1 unspecified atom stereocenters. The number of rotatable bonds is 8. The molecule has 0 fully saturated rings. The van der Waals surface area contributed by atoms with Crippen LogP contribution in [0, 0.1) is 13.8 Å². The number of benzene rings is 1. The molecule has 0 aliphatic carbocycles. The zero-order chi connectivity index (χ0) is 19.8. The molecule has 2 rings (SSSR count). The quantitative estimate of drug-likeness (QED) is 0.278. The van der Waals surface area contributed by atoms with Crippen LogP contribution in [0.1, 0.15) is 34.2 Å². The highest BCUT2D eigenvalue weighted by atomic mass is 127. The van der Waals surface area contributed by atoms with E-state index >= 15 is 0 Å². The highest BCUT2D eigenvalue weighted by molar-refractivity contribution is 14.0. The van der Waals surface area contributed by atoms with E-state index in [9.17, 15) is 13.9 Å². The molecule has 1 aromatic heterocycles. The second kappa shape index (κ2) is 12.1. The summed E-state index contributed by atoms with van der Waals surface area (Å²) >= 11 is 1.61. The van der Waals surface area contributed by atoms with Crippen LogP contribution in [0.5, 0.6) is 5.75 Å². The summed E-state index contributed by atoms with van der Waals surface area (Å²) in [7, 11) is 0. The maximum atomic E-state index is 12.2. The third-order valence-electron chi connectivity index (χ3n) is 3.68. The molecule has 10 heteroatoms. The van der Waals surface area contributed by atoms with E-state index in [-0.39, 0.29) is 36.3 Å². The minimum absolute atomic E-state index is 0. The standard InChI is InChI=1S/C18H24F2N4O2S.HI/c1-4-21-18(23-10-16-11(2)24-12(3)27-16)22-9-15(25)13-5-7-14(8-6-13)26-17(19)20;/h5-8,15,17,25H,4,9-10H2,1-3H3,(H2,21,22,23);1H. The highest BCUT2D eigenvalue weighted by Crippen LogP contribution is 2.19. The average Bonchev–Trinajstić information content (AvgIpc) is 2.94. The van der Waals surface area contributed by atoms with Gasteiger partial charge in [0.1, 0.15) is 5.75 Å². The molecular weight excluding hydrogens is 501 g/mol. The molecule has 0 saturated carbocycles. The van der Waals surface area contributed by atoms with Gasteiger partial charge in [-0.2, -0.15) is 8.78 Å². The van der Waals surface area contributed by atoms with Crippen LogP contribution in [0.15, 0.2) is 29.3 Å². The maximum absolute atomic E-state index is 12.2. The van der Waals surface area contributed by atoms with E-state index in [2.05, 4.69) is 25.3 Å². The second-order valence-corrected chi connectivity index (χ2v) is 7.07. The van der Waals surface area contributed by atoms with Gasteiger partial charge in [0.2, 0.25) is 0 Å². The molecule has 0 aliphatic rings. The number of guanidine groups is 1. The second-order valence-electron chi connectivity index (χ2n) is 5.78. The van der Waals surface area contributed by atoms with Crippen LogP contribution in [0.2, 0.25) is 0 Å². The van der Waals surface area contributed by atoms with Gasteiger partial charge in [-0.1, -0.05) is 12.1 Å². The van der Waals surface area contributed by atoms with Crippen LogP contribution >= 0.6 is 35.3 Å². The van der Waals surface area contributed by atoms with E-state index in [4.69, 9.17) is 0 Å². The predicted octanol–water partition coefficient (Wildman–Crippen LogP) is 3.77. The molecule has 1 heterocycles. The summed E-state index contributed by atoms with van der Waals surface area (Å²) in [5, 5.41) is 17.5. The van der Waals surface area contributed by atoms with E-state index in [0.29, 0.717) is 24.6 Å². The molecular formula is C18H25F2IN4O2S. The van der Waals surface area contributed by atoms with Crippen molar-refractivity contribution in [2.45, 2.75) is 40.0 Å². The third kappa shape index (κ3) is 7.84. The van der Waals surface area contributed by atoms with Crippen molar-refractivity contribution in [3.63, 3.8) is 0 Å². The first-order chi connectivity index (χ1) is 12.9. The number of thiazole rings is 1. The first kappa shape index (κ1) is 24.5. The van der Waals surface area contributed by atoms with Crippen molar-refractivity contribution in [2.75, 3.05) is 13.1 Å². The number of nitrogens with one attached hydrogen (secondary N) is 2. The number of aryl methyl sites for hydroxylation is 2. The van der Waals surface area contributed by atoms with Gasteiger partial charge < -0.3 is 20.5 Å². The molecule has 2 aromatic rings. The predicted molar refractivity (Wildman–Crippen MR) is 118 cm³/mol. The summed E-state index contributed by atoms with van der Waals surface area (Å²) in [5.41, 5.74) is 1.57. The molecule has 0 bridgehead atoms. The number of aliphatic imine (C=N–C) groups is 1. The van der Waals surface area contributed by atoms with Gasteiger partial charge in [0.25, 0.3) is 0 Å². The summed E-state index contributed by atoms with van der Waals surface area (Å²) in [4.78, 5) is 10.0. The van der Waals surface area contributed by atoms with Crippen molar-refractivity contribution in [3.8, 4) is 5.75 Å². The van der Waals surface area contributed by atoms with Gasteiger partial charge in [0.05, 0.1) is 23.4 Å². The topological polar surface area (TPSA) is 78.8 Å². The fourth-order valence-corrected chi connectivity index (χ4v) is 3.26. The van der Waals surface area contributed by atoms with Crippen LogP contribution in [-0.4, -0.2) is 35.8 Å². The van der Waals surface area contributed by atoms with Crippen molar-refractivity contribution in [1.82, 2.24) is 15.6 Å². The van der Waals surface area contributed by atoms with E-state index in [0.717, 1.165) is 15.6 Å². The van der Waals surface area contributed by atoms with Crippen LogP contribution in [0.4, 0.5) is 8.78 Å². The molecule has 0 radical (unpaired) electrons. The van der Waals surface area contributed by atoms with Crippen LogP contribution in [0.25, 0.3) is 0 Å². The molecule has 28 heavy (non-hydrogen) atoms. The molecule has 156 valence electrons. The van der Waals surface area contributed by atoms with Gasteiger partial charge in [0.15, 0.2) is 5.96 Å². The smallest absolute Gasteiger partial charge is 0.387 e. The lowest BCUT2D eigenvalue weighted by Gasteiger charge is -2.16. The number of halogens is 3. The van der Waals surface area contributed by atoms with Gasteiger partial charge in [-0.05, 0) is 38.5 Å². The van der Waals surface area contributed by atoms with Gasteiger partial charge in [0, 0.05) is 18.0 Å². The van der Waals surface area contributed by atoms with Crippen LogP contribution in [0.3, 0.4) is 0 Å². The van der Waals surface area contributed by atoms with Crippen LogP contribution < -0.4 is 15.4 Å². The first-order valence-corrected chi connectivity index (χ1v) is 9.38. The van der Waals surface area contributed by atoms with E-state index in [1.54, 1.807) is 23.5 Å². The third-order valence-corrected chi connectivity index (χ3v) is 4.74. The maximum Gasteiger partial charge on any atom is 0.387 e. The Bertz CT molecular complexity index is 757. The Morgan fingerprint density at radius 2 is 1.93 bits per heavy atom. The van der Waals surface area contributed by atoms with E-state index in [1.165, 1.54) is 12.1 Å². The fourth-order valence-electron chi connectivity index (χ4n) is 2.40. The largest absolute Gasteiger partial charge is 0.435 e. The molecule has 0 amide bonds. The van der Waals surface area contributed by atoms with Gasteiger partial charge in [-0.25, -0.2) is 9.98 Å². The molecule has 0 saturated heterocycles. The summed E-state index contributed by atoms with van der Waals surface area (Å²) in [6.07, 6.45) is -0.818.